The Hall–Kier alpha value is -0.410. The predicted molar refractivity (Wildman–Crippen MR) is 63.7 cm³/mol. The van der Waals surface area contributed by atoms with Gasteiger partial charge in [-0.2, -0.15) is 0 Å². The van der Waals surface area contributed by atoms with Gasteiger partial charge in [-0.25, -0.2) is 4.39 Å². The Kier molecular flexibility index (Phi) is 3.42. The van der Waals surface area contributed by atoms with Crippen LogP contribution in [0.2, 0.25) is 0 Å². The van der Waals surface area contributed by atoms with Crippen LogP contribution >= 0.6 is 15.9 Å². The molecule has 0 saturated carbocycles. The molecule has 0 radical (unpaired) electrons. The van der Waals surface area contributed by atoms with Gasteiger partial charge in [-0.15, -0.1) is 0 Å². The van der Waals surface area contributed by atoms with Gasteiger partial charge >= 0.3 is 0 Å². The van der Waals surface area contributed by atoms with E-state index < -0.39 is 0 Å². The first kappa shape index (κ1) is 11.1. The lowest BCUT2D eigenvalue weighted by molar-refractivity contribution is 0.456. The van der Waals surface area contributed by atoms with Crippen molar-refractivity contribution in [2.45, 2.75) is 25.7 Å². The van der Waals surface area contributed by atoms with Crippen molar-refractivity contribution in [2.24, 2.45) is 0 Å². The predicted octanol–water partition coefficient (Wildman–Crippen LogP) is 3.36. The summed E-state index contributed by atoms with van der Waals surface area (Å²) in [5, 5.41) is 3.32. The Morgan fingerprint density at radius 2 is 2.00 bits per heavy atom. The highest BCUT2D eigenvalue weighted by molar-refractivity contribution is 9.10. The third-order valence-corrected chi connectivity index (χ3v) is 3.89. The Labute approximate surface area is 98.2 Å². The van der Waals surface area contributed by atoms with Crippen LogP contribution in [0.25, 0.3) is 0 Å². The highest BCUT2D eigenvalue weighted by atomic mass is 79.9. The molecule has 1 N–H and O–H groups in total. The van der Waals surface area contributed by atoms with Crippen molar-refractivity contribution in [3.63, 3.8) is 0 Å². The Bertz CT molecular complexity index is 359. The number of hydrogen-bond donors (Lipinski definition) is 1. The van der Waals surface area contributed by atoms with Gasteiger partial charge in [0.2, 0.25) is 0 Å². The number of halogens is 2. The van der Waals surface area contributed by atoms with Crippen LogP contribution in [0.15, 0.2) is 16.6 Å². The van der Waals surface area contributed by atoms with Gasteiger partial charge in [0.1, 0.15) is 5.82 Å². The molecule has 1 aromatic rings. The van der Waals surface area contributed by atoms with E-state index in [4.69, 9.17) is 0 Å². The van der Waals surface area contributed by atoms with E-state index in [1.54, 1.807) is 6.92 Å². The summed E-state index contributed by atoms with van der Waals surface area (Å²) in [4.78, 5) is 0. The zero-order chi connectivity index (χ0) is 10.8. The van der Waals surface area contributed by atoms with Crippen LogP contribution in [0.5, 0.6) is 0 Å². The van der Waals surface area contributed by atoms with Gasteiger partial charge in [0.15, 0.2) is 0 Å². The molecular formula is C12H15BrFN. The van der Waals surface area contributed by atoms with Crippen LogP contribution in [0.3, 0.4) is 0 Å². The summed E-state index contributed by atoms with van der Waals surface area (Å²) >= 11 is 3.37. The van der Waals surface area contributed by atoms with Crippen LogP contribution < -0.4 is 5.32 Å². The van der Waals surface area contributed by atoms with E-state index in [-0.39, 0.29) is 5.82 Å². The number of rotatable bonds is 1. The first-order valence-electron chi connectivity index (χ1n) is 5.35. The molecular weight excluding hydrogens is 257 g/mol. The average Bonchev–Trinajstić information content (AvgIpc) is 2.27. The third-order valence-electron chi connectivity index (χ3n) is 3.08. The van der Waals surface area contributed by atoms with Crippen LogP contribution in [-0.4, -0.2) is 13.1 Å². The highest BCUT2D eigenvalue weighted by Crippen LogP contribution is 2.33. The summed E-state index contributed by atoms with van der Waals surface area (Å²) in [7, 11) is 0. The van der Waals surface area contributed by atoms with E-state index >= 15 is 0 Å². The first-order valence-corrected chi connectivity index (χ1v) is 6.14. The topological polar surface area (TPSA) is 12.0 Å². The number of piperidine rings is 1. The fourth-order valence-corrected chi connectivity index (χ4v) is 2.88. The van der Waals surface area contributed by atoms with Gasteiger partial charge in [-0.05, 0) is 65.8 Å². The Morgan fingerprint density at radius 1 is 1.33 bits per heavy atom. The van der Waals surface area contributed by atoms with Crippen LogP contribution in [-0.2, 0) is 0 Å². The van der Waals surface area contributed by atoms with Gasteiger partial charge in [-0.1, -0.05) is 12.1 Å². The molecule has 15 heavy (non-hydrogen) atoms. The summed E-state index contributed by atoms with van der Waals surface area (Å²) in [6.07, 6.45) is 2.20. The second kappa shape index (κ2) is 4.62. The summed E-state index contributed by atoms with van der Waals surface area (Å²) < 4.78 is 14.3. The second-order valence-corrected chi connectivity index (χ2v) is 4.92. The largest absolute Gasteiger partial charge is 0.317 e. The molecule has 0 aliphatic carbocycles. The Balaban J connectivity index is 2.31. The van der Waals surface area contributed by atoms with Crippen molar-refractivity contribution >= 4 is 15.9 Å². The average molecular weight is 272 g/mol. The summed E-state index contributed by atoms with van der Waals surface area (Å²) in [5.74, 6) is 0.391. The molecule has 1 aliphatic rings. The lowest BCUT2D eigenvalue weighted by atomic mass is 9.90. The monoisotopic (exact) mass is 271 g/mol. The first-order chi connectivity index (χ1) is 7.20. The quantitative estimate of drug-likeness (QED) is 0.826. The molecule has 1 heterocycles. The van der Waals surface area contributed by atoms with Crippen molar-refractivity contribution in [1.82, 2.24) is 5.32 Å². The molecule has 3 heteroatoms. The standard InChI is InChI=1S/C12H15BrFN/c1-8-2-3-10(11(13)12(8)14)9-4-6-15-7-5-9/h2-3,9,15H,4-7H2,1H3. The molecule has 0 atom stereocenters. The van der Waals surface area contributed by atoms with Gasteiger partial charge in [0.25, 0.3) is 0 Å². The maximum Gasteiger partial charge on any atom is 0.140 e. The molecule has 1 aromatic carbocycles. The SMILES string of the molecule is Cc1ccc(C2CCNCC2)c(Br)c1F. The van der Waals surface area contributed by atoms with Crippen molar-refractivity contribution in [1.29, 1.82) is 0 Å². The number of benzene rings is 1. The smallest absolute Gasteiger partial charge is 0.140 e. The lowest BCUT2D eigenvalue weighted by Gasteiger charge is -2.24. The van der Waals surface area contributed by atoms with Crippen LogP contribution in [0, 0.1) is 12.7 Å². The lowest BCUT2D eigenvalue weighted by Crippen LogP contribution is -2.26. The molecule has 0 amide bonds. The fourth-order valence-electron chi connectivity index (χ4n) is 2.11. The van der Waals surface area contributed by atoms with E-state index in [1.165, 1.54) is 0 Å². The summed E-state index contributed by atoms with van der Waals surface area (Å²) in [5.41, 5.74) is 1.83. The normalized spacial score (nSPS) is 18.1. The van der Waals surface area contributed by atoms with Gasteiger partial charge in [0, 0.05) is 0 Å². The van der Waals surface area contributed by atoms with E-state index in [0.717, 1.165) is 31.5 Å². The van der Waals surface area contributed by atoms with Crippen LogP contribution in [0.1, 0.15) is 29.9 Å². The molecule has 0 aromatic heterocycles. The minimum absolute atomic E-state index is 0.106. The molecule has 0 unspecified atom stereocenters. The molecule has 1 saturated heterocycles. The zero-order valence-corrected chi connectivity index (χ0v) is 10.4. The minimum Gasteiger partial charge on any atom is -0.317 e. The van der Waals surface area contributed by atoms with Crippen molar-refractivity contribution < 1.29 is 4.39 Å². The van der Waals surface area contributed by atoms with Crippen molar-refractivity contribution in [3.05, 3.63) is 33.5 Å². The number of nitrogens with one attached hydrogen (secondary N) is 1. The summed E-state index contributed by atoms with van der Waals surface area (Å²) in [6, 6.07) is 3.93. The zero-order valence-electron chi connectivity index (χ0n) is 8.82. The van der Waals surface area contributed by atoms with E-state index in [1.807, 2.05) is 6.07 Å². The number of aryl methyl sites for hydroxylation is 1. The highest BCUT2D eigenvalue weighted by Gasteiger charge is 2.19. The molecule has 0 spiro atoms. The summed E-state index contributed by atoms with van der Waals surface area (Å²) in [6.45, 7) is 3.87. The van der Waals surface area contributed by atoms with E-state index in [2.05, 4.69) is 27.3 Å². The van der Waals surface area contributed by atoms with Crippen LogP contribution in [0.4, 0.5) is 4.39 Å². The van der Waals surface area contributed by atoms with Crippen molar-refractivity contribution in [2.75, 3.05) is 13.1 Å². The molecule has 0 bridgehead atoms. The maximum absolute atomic E-state index is 13.7. The fraction of sp³-hybridized carbons (Fsp3) is 0.500. The van der Waals surface area contributed by atoms with Gasteiger partial charge < -0.3 is 5.32 Å². The molecule has 1 fully saturated rings. The molecule has 1 aliphatic heterocycles. The molecule has 1 nitrogen and oxygen atoms in total. The molecule has 2 rings (SSSR count). The van der Waals surface area contributed by atoms with E-state index in [0.29, 0.717) is 16.0 Å². The van der Waals surface area contributed by atoms with Crippen molar-refractivity contribution in [3.8, 4) is 0 Å². The van der Waals surface area contributed by atoms with E-state index in [9.17, 15) is 4.39 Å². The second-order valence-electron chi connectivity index (χ2n) is 4.12. The Morgan fingerprint density at radius 3 is 2.67 bits per heavy atom. The van der Waals surface area contributed by atoms with Gasteiger partial charge in [-0.3, -0.25) is 0 Å². The number of hydrogen-bond acceptors (Lipinski definition) is 1. The maximum atomic E-state index is 13.7. The molecule has 82 valence electrons. The van der Waals surface area contributed by atoms with Gasteiger partial charge in [0.05, 0.1) is 4.47 Å². The minimum atomic E-state index is -0.106. The third kappa shape index (κ3) is 2.23.